The van der Waals surface area contributed by atoms with E-state index in [4.69, 9.17) is 9.15 Å². The van der Waals surface area contributed by atoms with Crippen LogP contribution in [0.2, 0.25) is 0 Å². The maximum Gasteiger partial charge on any atom is 0.143 e. The molecule has 0 N–H and O–H groups in total. The van der Waals surface area contributed by atoms with Crippen LogP contribution in [-0.4, -0.2) is 0 Å². The Balaban J connectivity index is 1.03. The Bertz CT molecular complexity index is 4130. The van der Waals surface area contributed by atoms with Crippen molar-refractivity contribution in [1.82, 2.24) is 0 Å². The molecule has 12 aromatic rings. The normalized spacial score (nSPS) is 14.5. The Hall–Kier alpha value is -9.18. The summed E-state index contributed by atoms with van der Waals surface area (Å²) in [5.74, 6) is 1.67. The zero-order chi connectivity index (χ0) is 45.9. The molecule has 1 aromatic heterocycles. The number of rotatable bonds is 4. The second-order valence-electron chi connectivity index (χ2n) is 18.6. The van der Waals surface area contributed by atoms with Gasteiger partial charge >= 0.3 is 0 Å². The van der Waals surface area contributed by atoms with E-state index in [9.17, 15) is 0 Å². The van der Waals surface area contributed by atoms with E-state index >= 15 is 0 Å². The fraction of sp³-hybridized carbons (Fsp3) is 0.0149. The number of furan rings is 1. The van der Waals surface area contributed by atoms with E-state index in [-0.39, 0.29) is 0 Å². The van der Waals surface area contributed by atoms with Crippen LogP contribution in [0.15, 0.2) is 253 Å². The van der Waals surface area contributed by atoms with E-state index in [0.717, 1.165) is 89.4 Å². The molecule has 0 amide bonds. The van der Waals surface area contributed by atoms with Gasteiger partial charge in [0.15, 0.2) is 0 Å². The molecule has 2 aliphatic carbocycles. The standard InChI is InChI=1S/C67H41NO2/c1-2-18-42(19-3-1)45-20-10-15-31-61(45)68(44-35-39-64-56(41-44)49-24-7-5-22-47(49)51-26-11-16-32-62(51)69-64)43-34-37-59-55(40-43)48-23-6-4-21-46(48)50-25-8-13-29-57(50)67(59)58-30-14-9-28-54(58)65-60(67)38-36-53-52-27-12-17-33-63(52)70-66(53)65/h1-41H. The summed E-state index contributed by atoms with van der Waals surface area (Å²) in [6, 6.07) is 90.7. The van der Waals surface area contributed by atoms with Gasteiger partial charge in [-0.05, 0) is 115 Å². The Labute approximate surface area is 405 Å². The summed E-state index contributed by atoms with van der Waals surface area (Å²) < 4.78 is 13.7. The highest BCUT2D eigenvalue weighted by atomic mass is 16.5. The summed E-state index contributed by atoms with van der Waals surface area (Å²) in [5.41, 5.74) is 23.1. The van der Waals surface area contributed by atoms with Crippen LogP contribution in [0.4, 0.5) is 17.1 Å². The molecule has 1 spiro atoms. The maximum atomic E-state index is 6.92. The van der Waals surface area contributed by atoms with Gasteiger partial charge in [-0.1, -0.05) is 200 Å². The highest BCUT2D eigenvalue weighted by molar-refractivity contribution is 6.13. The molecule has 2 heterocycles. The SMILES string of the molecule is c1ccc(-c2ccccc2N(c2ccc3c(c2)-c2ccccc2-c2ccccc2O3)c2ccc3c(c2)-c2ccccc2-c2ccccc2C32c3ccccc3-c3c2ccc2c3oc3ccccc32)cc1. The Morgan fingerprint density at radius 2 is 0.829 bits per heavy atom. The van der Waals surface area contributed by atoms with Gasteiger partial charge in [-0.25, -0.2) is 0 Å². The Morgan fingerprint density at radius 1 is 0.314 bits per heavy atom. The molecule has 326 valence electrons. The third-order valence-corrected chi connectivity index (χ3v) is 15.1. The highest BCUT2D eigenvalue weighted by Crippen LogP contribution is 2.63. The zero-order valence-electron chi connectivity index (χ0n) is 37.9. The van der Waals surface area contributed by atoms with Crippen LogP contribution >= 0.6 is 0 Å². The van der Waals surface area contributed by atoms with Gasteiger partial charge in [0.2, 0.25) is 0 Å². The van der Waals surface area contributed by atoms with E-state index in [1.165, 1.54) is 50.1 Å². The quantitative estimate of drug-likeness (QED) is 0.176. The number of para-hydroxylation sites is 3. The molecule has 15 rings (SSSR count). The smallest absolute Gasteiger partial charge is 0.143 e. The molecule has 0 radical (unpaired) electrons. The van der Waals surface area contributed by atoms with Gasteiger partial charge in [-0.15, -0.1) is 0 Å². The van der Waals surface area contributed by atoms with Crippen molar-refractivity contribution in [3.05, 3.63) is 271 Å². The second-order valence-corrected chi connectivity index (χ2v) is 18.6. The molecule has 0 saturated carbocycles. The Kier molecular flexibility index (Phi) is 8.28. The van der Waals surface area contributed by atoms with E-state index in [0.29, 0.717) is 0 Å². The fourth-order valence-corrected chi connectivity index (χ4v) is 12.3. The van der Waals surface area contributed by atoms with Crippen LogP contribution in [0.25, 0.3) is 88.7 Å². The summed E-state index contributed by atoms with van der Waals surface area (Å²) in [6.45, 7) is 0. The first kappa shape index (κ1) is 38.9. The van der Waals surface area contributed by atoms with E-state index in [1.54, 1.807) is 0 Å². The van der Waals surface area contributed by atoms with Crippen LogP contribution in [0.5, 0.6) is 11.5 Å². The highest BCUT2D eigenvalue weighted by Gasteiger charge is 2.51. The number of nitrogens with zero attached hydrogens (tertiary/aromatic N) is 1. The van der Waals surface area contributed by atoms with Crippen molar-refractivity contribution in [2.45, 2.75) is 5.41 Å². The predicted molar refractivity (Wildman–Crippen MR) is 287 cm³/mol. The lowest BCUT2D eigenvalue weighted by Gasteiger charge is -2.36. The molecule has 0 bridgehead atoms. The van der Waals surface area contributed by atoms with E-state index in [2.05, 4.69) is 248 Å². The molecule has 70 heavy (non-hydrogen) atoms. The molecular weight excluding hydrogens is 851 g/mol. The van der Waals surface area contributed by atoms with Gasteiger partial charge < -0.3 is 14.1 Å². The van der Waals surface area contributed by atoms with Crippen molar-refractivity contribution >= 4 is 39.0 Å². The van der Waals surface area contributed by atoms with Gasteiger partial charge in [-0.2, -0.15) is 0 Å². The van der Waals surface area contributed by atoms with Gasteiger partial charge in [0.05, 0.1) is 11.1 Å². The number of benzene rings is 11. The van der Waals surface area contributed by atoms with Crippen molar-refractivity contribution in [2.75, 3.05) is 4.90 Å². The van der Waals surface area contributed by atoms with Crippen LogP contribution in [0.1, 0.15) is 22.3 Å². The van der Waals surface area contributed by atoms with Gasteiger partial charge in [0, 0.05) is 44.4 Å². The van der Waals surface area contributed by atoms with Crippen molar-refractivity contribution in [2.24, 2.45) is 0 Å². The van der Waals surface area contributed by atoms with Crippen LogP contribution in [-0.2, 0) is 5.41 Å². The number of fused-ring (bicyclic) bond motifs is 21. The minimum Gasteiger partial charge on any atom is -0.456 e. The van der Waals surface area contributed by atoms with Gasteiger partial charge in [0.25, 0.3) is 0 Å². The molecular formula is C67H41NO2. The zero-order valence-corrected chi connectivity index (χ0v) is 37.9. The summed E-state index contributed by atoms with van der Waals surface area (Å²) >= 11 is 0. The first-order valence-corrected chi connectivity index (χ1v) is 24.1. The van der Waals surface area contributed by atoms with Crippen molar-refractivity contribution in [1.29, 1.82) is 0 Å². The third-order valence-electron chi connectivity index (χ3n) is 15.1. The summed E-state index contributed by atoms with van der Waals surface area (Å²) in [5, 5.41) is 2.26. The van der Waals surface area contributed by atoms with Crippen molar-refractivity contribution in [3.63, 3.8) is 0 Å². The fourth-order valence-electron chi connectivity index (χ4n) is 12.3. The average Bonchev–Trinajstić information content (AvgIpc) is 3.88. The molecule has 3 nitrogen and oxygen atoms in total. The van der Waals surface area contributed by atoms with Crippen LogP contribution in [0, 0.1) is 0 Å². The monoisotopic (exact) mass is 891 g/mol. The Morgan fingerprint density at radius 3 is 1.61 bits per heavy atom. The van der Waals surface area contributed by atoms with Gasteiger partial charge in [-0.3, -0.25) is 0 Å². The van der Waals surface area contributed by atoms with Crippen molar-refractivity contribution < 1.29 is 9.15 Å². The van der Waals surface area contributed by atoms with Gasteiger partial charge in [0.1, 0.15) is 22.7 Å². The first-order valence-electron chi connectivity index (χ1n) is 24.1. The molecule has 1 atom stereocenters. The van der Waals surface area contributed by atoms with Crippen molar-refractivity contribution in [3.8, 4) is 78.3 Å². The molecule has 0 fully saturated rings. The molecule has 0 saturated heterocycles. The lowest BCUT2D eigenvalue weighted by molar-refractivity contribution is 0.488. The number of anilines is 3. The minimum absolute atomic E-state index is 0.685. The molecule has 1 aliphatic heterocycles. The first-order chi connectivity index (χ1) is 34.7. The lowest BCUT2D eigenvalue weighted by atomic mass is 9.66. The number of hydrogen-bond acceptors (Lipinski definition) is 3. The number of ether oxygens (including phenoxy) is 1. The maximum absolute atomic E-state index is 6.92. The molecule has 3 heteroatoms. The molecule has 3 aliphatic rings. The van der Waals surface area contributed by atoms with E-state index < -0.39 is 5.41 Å². The largest absolute Gasteiger partial charge is 0.456 e. The predicted octanol–water partition coefficient (Wildman–Crippen LogP) is 18.2. The summed E-state index contributed by atoms with van der Waals surface area (Å²) in [4.78, 5) is 2.45. The summed E-state index contributed by atoms with van der Waals surface area (Å²) in [6.07, 6.45) is 0. The van der Waals surface area contributed by atoms with Crippen LogP contribution < -0.4 is 9.64 Å². The number of hydrogen-bond donors (Lipinski definition) is 0. The second kappa shape index (κ2) is 14.9. The third kappa shape index (κ3) is 5.40. The minimum atomic E-state index is -0.685. The van der Waals surface area contributed by atoms with E-state index in [1.807, 2.05) is 6.07 Å². The molecule has 1 unspecified atom stereocenters. The average molecular weight is 892 g/mol. The molecule has 11 aromatic carbocycles. The summed E-state index contributed by atoms with van der Waals surface area (Å²) in [7, 11) is 0. The van der Waals surface area contributed by atoms with Crippen LogP contribution in [0.3, 0.4) is 0 Å². The topological polar surface area (TPSA) is 25.6 Å². The lowest BCUT2D eigenvalue weighted by Crippen LogP contribution is -2.29.